The molecule has 0 unspecified atom stereocenters. The zero-order valence-corrected chi connectivity index (χ0v) is 12.4. The van der Waals surface area contributed by atoms with Gasteiger partial charge in [0.1, 0.15) is 5.75 Å². The third kappa shape index (κ3) is 3.16. The molecule has 0 atom stereocenters. The molecule has 0 amide bonds. The topological polar surface area (TPSA) is 54.1 Å². The van der Waals surface area contributed by atoms with E-state index >= 15 is 0 Å². The molecule has 21 heavy (non-hydrogen) atoms. The van der Waals surface area contributed by atoms with Crippen molar-refractivity contribution in [1.82, 2.24) is 10.3 Å². The first kappa shape index (κ1) is 13.9. The minimum absolute atomic E-state index is 0.0378. The van der Waals surface area contributed by atoms with Gasteiger partial charge in [0.25, 0.3) is 5.56 Å². The second kappa shape index (κ2) is 5.74. The Morgan fingerprint density at radius 2 is 2.10 bits per heavy atom. The first-order valence-corrected chi connectivity index (χ1v) is 7.28. The van der Waals surface area contributed by atoms with Gasteiger partial charge in [-0.15, -0.1) is 0 Å². The fraction of sp³-hybridized carbons (Fsp3) is 0.353. The molecule has 2 N–H and O–H groups in total. The number of H-pyrrole nitrogens is 1. The van der Waals surface area contributed by atoms with Crippen molar-refractivity contribution in [1.29, 1.82) is 0 Å². The molecule has 0 aliphatic heterocycles. The molecular formula is C17H20N2O2. The van der Waals surface area contributed by atoms with Crippen molar-refractivity contribution >= 4 is 0 Å². The molecule has 1 saturated carbocycles. The molecule has 1 aliphatic rings. The fourth-order valence-corrected chi connectivity index (χ4v) is 2.37. The molecule has 1 aromatic heterocycles. The van der Waals surface area contributed by atoms with Crippen LogP contribution in [-0.4, -0.2) is 18.1 Å². The minimum Gasteiger partial charge on any atom is -0.496 e. The number of ether oxygens (including phenoxy) is 1. The largest absolute Gasteiger partial charge is 0.496 e. The van der Waals surface area contributed by atoms with Crippen molar-refractivity contribution in [2.45, 2.75) is 32.4 Å². The summed E-state index contributed by atoms with van der Waals surface area (Å²) in [6.45, 7) is 2.65. The average molecular weight is 284 g/mol. The van der Waals surface area contributed by atoms with Crippen LogP contribution in [0.15, 0.2) is 35.1 Å². The Bertz CT molecular complexity index is 702. The molecule has 1 aromatic carbocycles. The Labute approximate surface area is 124 Å². The highest BCUT2D eigenvalue weighted by atomic mass is 16.5. The monoisotopic (exact) mass is 284 g/mol. The number of aromatic amines is 1. The lowest BCUT2D eigenvalue weighted by Gasteiger charge is -2.10. The quantitative estimate of drug-likeness (QED) is 0.887. The normalized spacial score (nSPS) is 14.2. The van der Waals surface area contributed by atoms with Gasteiger partial charge in [-0.2, -0.15) is 0 Å². The van der Waals surface area contributed by atoms with Crippen LogP contribution in [0.5, 0.6) is 5.75 Å². The SMILES string of the molecule is COc1ccc(C)cc1-c1ccc(CNC2CC2)c(=O)[nH]1. The number of pyridine rings is 1. The van der Waals surface area contributed by atoms with E-state index in [2.05, 4.69) is 10.3 Å². The summed E-state index contributed by atoms with van der Waals surface area (Å²) >= 11 is 0. The minimum atomic E-state index is -0.0378. The van der Waals surface area contributed by atoms with Gasteiger partial charge in [0.15, 0.2) is 0 Å². The molecule has 2 aromatic rings. The third-order valence-corrected chi connectivity index (χ3v) is 3.79. The van der Waals surface area contributed by atoms with Crippen molar-refractivity contribution in [3.05, 3.63) is 51.8 Å². The van der Waals surface area contributed by atoms with Gasteiger partial charge in [-0.3, -0.25) is 4.79 Å². The lowest BCUT2D eigenvalue weighted by atomic mass is 10.1. The predicted molar refractivity (Wildman–Crippen MR) is 83.6 cm³/mol. The smallest absolute Gasteiger partial charge is 0.252 e. The second-order valence-electron chi connectivity index (χ2n) is 5.59. The van der Waals surface area contributed by atoms with E-state index in [1.165, 1.54) is 12.8 Å². The highest BCUT2D eigenvalue weighted by Crippen LogP contribution is 2.29. The van der Waals surface area contributed by atoms with E-state index in [4.69, 9.17) is 4.74 Å². The summed E-state index contributed by atoms with van der Waals surface area (Å²) < 4.78 is 5.38. The van der Waals surface area contributed by atoms with Crippen LogP contribution >= 0.6 is 0 Å². The highest BCUT2D eigenvalue weighted by molar-refractivity contribution is 5.68. The Morgan fingerprint density at radius 1 is 1.29 bits per heavy atom. The molecule has 1 aliphatic carbocycles. The third-order valence-electron chi connectivity index (χ3n) is 3.79. The molecule has 0 saturated heterocycles. The number of rotatable bonds is 5. The maximum absolute atomic E-state index is 12.2. The van der Waals surface area contributed by atoms with Crippen LogP contribution in [-0.2, 0) is 6.54 Å². The number of aromatic nitrogens is 1. The van der Waals surface area contributed by atoms with Crippen molar-refractivity contribution in [3.63, 3.8) is 0 Å². The Hall–Kier alpha value is -2.07. The maximum Gasteiger partial charge on any atom is 0.252 e. The summed E-state index contributed by atoms with van der Waals surface area (Å²) in [4.78, 5) is 15.2. The molecular weight excluding hydrogens is 264 g/mol. The number of benzene rings is 1. The van der Waals surface area contributed by atoms with E-state index in [-0.39, 0.29) is 5.56 Å². The Balaban J connectivity index is 1.90. The van der Waals surface area contributed by atoms with Crippen LogP contribution < -0.4 is 15.6 Å². The molecule has 0 bridgehead atoms. The van der Waals surface area contributed by atoms with Gasteiger partial charge in [-0.1, -0.05) is 17.7 Å². The molecule has 110 valence electrons. The van der Waals surface area contributed by atoms with Gasteiger partial charge in [-0.05, 0) is 38.0 Å². The van der Waals surface area contributed by atoms with Crippen molar-refractivity contribution in [3.8, 4) is 17.0 Å². The summed E-state index contributed by atoms with van der Waals surface area (Å²) in [7, 11) is 1.64. The van der Waals surface area contributed by atoms with E-state index in [9.17, 15) is 4.79 Å². The number of nitrogens with one attached hydrogen (secondary N) is 2. The summed E-state index contributed by atoms with van der Waals surface area (Å²) in [5.74, 6) is 0.764. The number of hydrogen-bond acceptors (Lipinski definition) is 3. The van der Waals surface area contributed by atoms with Gasteiger partial charge in [0, 0.05) is 23.7 Å². The second-order valence-corrected chi connectivity index (χ2v) is 5.59. The van der Waals surface area contributed by atoms with Crippen molar-refractivity contribution < 1.29 is 4.74 Å². The van der Waals surface area contributed by atoms with Crippen LogP contribution in [0.2, 0.25) is 0 Å². The molecule has 4 heteroatoms. The van der Waals surface area contributed by atoms with Gasteiger partial charge in [0.2, 0.25) is 0 Å². The summed E-state index contributed by atoms with van der Waals surface area (Å²) in [6.07, 6.45) is 2.44. The van der Waals surface area contributed by atoms with Crippen LogP contribution in [0.4, 0.5) is 0 Å². The van der Waals surface area contributed by atoms with Gasteiger partial charge >= 0.3 is 0 Å². The number of hydrogen-bond donors (Lipinski definition) is 2. The van der Waals surface area contributed by atoms with Gasteiger partial charge in [-0.25, -0.2) is 0 Å². The molecule has 0 spiro atoms. The number of methoxy groups -OCH3 is 1. The molecule has 3 rings (SSSR count). The maximum atomic E-state index is 12.2. The van der Waals surface area contributed by atoms with E-state index in [1.54, 1.807) is 7.11 Å². The first-order chi connectivity index (χ1) is 10.2. The predicted octanol–water partition coefficient (Wildman–Crippen LogP) is 2.61. The lowest BCUT2D eigenvalue weighted by Crippen LogP contribution is -2.22. The van der Waals surface area contributed by atoms with Crippen LogP contribution in [0.3, 0.4) is 0 Å². The standard InChI is InChI=1S/C17H20N2O2/c1-11-3-8-16(21-2)14(9-11)15-7-4-12(17(20)19-15)10-18-13-5-6-13/h3-4,7-9,13,18H,5-6,10H2,1-2H3,(H,19,20). The molecule has 0 radical (unpaired) electrons. The highest BCUT2D eigenvalue weighted by Gasteiger charge is 2.20. The van der Waals surface area contributed by atoms with Crippen LogP contribution in [0.1, 0.15) is 24.0 Å². The van der Waals surface area contributed by atoms with E-state index < -0.39 is 0 Å². The van der Waals surface area contributed by atoms with Crippen molar-refractivity contribution in [2.24, 2.45) is 0 Å². The van der Waals surface area contributed by atoms with Crippen LogP contribution in [0, 0.1) is 6.92 Å². The Morgan fingerprint density at radius 3 is 2.76 bits per heavy atom. The summed E-state index contributed by atoms with van der Waals surface area (Å²) in [5, 5.41) is 3.36. The van der Waals surface area contributed by atoms with Gasteiger partial charge < -0.3 is 15.0 Å². The first-order valence-electron chi connectivity index (χ1n) is 7.28. The lowest BCUT2D eigenvalue weighted by molar-refractivity contribution is 0.416. The molecule has 4 nitrogen and oxygen atoms in total. The van der Waals surface area contributed by atoms with E-state index in [0.717, 1.165) is 28.1 Å². The van der Waals surface area contributed by atoms with E-state index in [1.807, 2.05) is 37.3 Å². The fourth-order valence-electron chi connectivity index (χ4n) is 2.37. The van der Waals surface area contributed by atoms with E-state index in [0.29, 0.717) is 12.6 Å². The summed E-state index contributed by atoms with van der Waals surface area (Å²) in [5.41, 5.74) is 3.57. The van der Waals surface area contributed by atoms with Crippen LogP contribution in [0.25, 0.3) is 11.3 Å². The number of aryl methyl sites for hydroxylation is 1. The Kier molecular flexibility index (Phi) is 3.80. The molecule has 1 fully saturated rings. The summed E-state index contributed by atoms with van der Waals surface area (Å²) in [6, 6.07) is 10.4. The van der Waals surface area contributed by atoms with Crippen molar-refractivity contribution in [2.75, 3.05) is 7.11 Å². The molecule has 1 heterocycles. The zero-order chi connectivity index (χ0) is 14.8. The zero-order valence-electron chi connectivity index (χ0n) is 12.4. The van der Waals surface area contributed by atoms with Gasteiger partial charge in [0.05, 0.1) is 12.8 Å². The average Bonchev–Trinajstić information content (AvgIpc) is 3.30.